The lowest BCUT2D eigenvalue weighted by Gasteiger charge is -2.28. The minimum absolute atomic E-state index is 0.144. The first-order valence-electron chi connectivity index (χ1n) is 4.67. The first-order chi connectivity index (χ1) is 6.20. The lowest BCUT2D eigenvalue weighted by atomic mass is 9.99. The molecule has 72 valence electrons. The number of aromatic nitrogens is 2. The van der Waals surface area contributed by atoms with Crippen molar-refractivity contribution in [2.45, 2.75) is 38.3 Å². The first kappa shape index (κ1) is 9.03. The molecule has 2 unspecified atom stereocenters. The number of rotatable bonds is 1. The van der Waals surface area contributed by atoms with Crippen LogP contribution in [0.1, 0.15) is 31.6 Å². The smallest absolute Gasteiger partial charge is 0.129 e. The van der Waals surface area contributed by atoms with Gasteiger partial charge in [-0.1, -0.05) is 11.6 Å². The van der Waals surface area contributed by atoms with E-state index in [1.54, 1.807) is 6.20 Å². The largest absolute Gasteiger partial charge is 0.326 e. The quantitative estimate of drug-likeness (QED) is 0.749. The summed E-state index contributed by atoms with van der Waals surface area (Å²) in [6.45, 7) is 2.02. The highest BCUT2D eigenvalue weighted by molar-refractivity contribution is 6.29. The summed E-state index contributed by atoms with van der Waals surface area (Å²) in [6.07, 6.45) is 5.02. The van der Waals surface area contributed by atoms with Crippen molar-refractivity contribution in [3.05, 3.63) is 17.2 Å². The Hall–Kier alpha value is -0.540. The van der Waals surface area contributed by atoms with Crippen molar-refractivity contribution in [3.63, 3.8) is 0 Å². The summed E-state index contributed by atoms with van der Waals surface area (Å²) < 4.78 is 2.08. The molecule has 0 saturated heterocycles. The topological polar surface area (TPSA) is 43.8 Å². The lowest BCUT2D eigenvalue weighted by molar-refractivity contribution is 0.350. The number of hydrogen-bond acceptors (Lipinski definition) is 2. The number of fused-ring (bicyclic) bond motifs is 1. The number of nitrogens with two attached hydrogens (primary N) is 1. The Kier molecular flexibility index (Phi) is 2.30. The monoisotopic (exact) mass is 199 g/mol. The number of nitrogens with zero attached hydrogens (tertiary/aromatic N) is 2. The molecule has 2 atom stereocenters. The Morgan fingerprint density at radius 2 is 2.54 bits per heavy atom. The van der Waals surface area contributed by atoms with Gasteiger partial charge in [0, 0.05) is 12.5 Å². The maximum atomic E-state index is 6.04. The van der Waals surface area contributed by atoms with Crippen LogP contribution in [0.2, 0.25) is 5.15 Å². The normalized spacial score (nSPS) is 24.1. The second-order valence-corrected chi connectivity index (χ2v) is 4.07. The van der Waals surface area contributed by atoms with Crippen LogP contribution in [-0.2, 0) is 6.42 Å². The highest BCUT2D eigenvalue weighted by atomic mass is 35.5. The standard InChI is InChI=1S/C9H14ClN3/c1-6(11)7-3-2-4-9-12-5-8(10)13(7)9/h5-7H,2-4,11H2,1H3. The van der Waals surface area contributed by atoms with E-state index < -0.39 is 0 Å². The fraction of sp³-hybridized carbons (Fsp3) is 0.667. The molecule has 3 nitrogen and oxygen atoms in total. The predicted octanol–water partition coefficient (Wildman–Crippen LogP) is 1.76. The fourth-order valence-electron chi connectivity index (χ4n) is 2.01. The van der Waals surface area contributed by atoms with Crippen molar-refractivity contribution in [3.8, 4) is 0 Å². The molecule has 0 saturated carbocycles. The van der Waals surface area contributed by atoms with Crippen molar-refractivity contribution in [2.75, 3.05) is 0 Å². The van der Waals surface area contributed by atoms with Gasteiger partial charge in [0.25, 0.3) is 0 Å². The van der Waals surface area contributed by atoms with E-state index in [9.17, 15) is 0 Å². The second-order valence-electron chi connectivity index (χ2n) is 3.69. The van der Waals surface area contributed by atoms with Crippen LogP contribution in [0.3, 0.4) is 0 Å². The van der Waals surface area contributed by atoms with Crippen LogP contribution < -0.4 is 5.73 Å². The van der Waals surface area contributed by atoms with Crippen LogP contribution in [0.5, 0.6) is 0 Å². The second kappa shape index (κ2) is 3.31. The van der Waals surface area contributed by atoms with Gasteiger partial charge in [0.1, 0.15) is 11.0 Å². The summed E-state index contributed by atoms with van der Waals surface area (Å²) in [4.78, 5) is 4.26. The van der Waals surface area contributed by atoms with E-state index in [0.717, 1.165) is 23.8 Å². The van der Waals surface area contributed by atoms with E-state index in [-0.39, 0.29) is 6.04 Å². The molecule has 0 aromatic carbocycles. The van der Waals surface area contributed by atoms with Crippen molar-refractivity contribution in [2.24, 2.45) is 5.73 Å². The van der Waals surface area contributed by atoms with Gasteiger partial charge >= 0.3 is 0 Å². The zero-order chi connectivity index (χ0) is 9.42. The Morgan fingerprint density at radius 3 is 3.23 bits per heavy atom. The third-order valence-corrected chi connectivity index (χ3v) is 2.95. The minimum Gasteiger partial charge on any atom is -0.326 e. The molecule has 0 spiro atoms. The third kappa shape index (κ3) is 1.46. The molecule has 1 aromatic heterocycles. The van der Waals surface area contributed by atoms with Crippen LogP contribution in [-0.4, -0.2) is 15.6 Å². The Bertz CT molecular complexity index is 306. The molecule has 0 radical (unpaired) electrons. The average Bonchev–Trinajstić information content (AvgIpc) is 2.48. The summed E-state index contributed by atoms with van der Waals surface area (Å²) in [7, 11) is 0. The molecule has 1 aliphatic rings. The van der Waals surface area contributed by atoms with Crippen LogP contribution in [0, 0.1) is 0 Å². The molecule has 1 aromatic rings. The maximum Gasteiger partial charge on any atom is 0.129 e. The Morgan fingerprint density at radius 1 is 1.77 bits per heavy atom. The molecule has 4 heteroatoms. The molecule has 0 bridgehead atoms. The van der Waals surface area contributed by atoms with Crippen LogP contribution in [0.4, 0.5) is 0 Å². The summed E-state index contributed by atoms with van der Waals surface area (Å²) in [5, 5.41) is 0.719. The van der Waals surface area contributed by atoms with Gasteiger partial charge in [-0.3, -0.25) is 0 Å². The van der Waals surface area contributed by atoms with Crippen LogP contribution in [0.15, 0.2) is 6.20 Å². The maximum absolute atomic E-state index is 6.04. The van der Waals surface area contributed by atoms with Gasteiger partial charge in [-0.2, -0.15) is 0 Å². The Balaban J connectivity index is 2.40. The van der Waals surface area contributed by atoms with Crippen molar-refractivity contribution in [1.29, 1.82) is 0 Å². The van der Waals surface area contributed by atoms with E-state index in [0.29, 0.717) is 6.04 Å². The molecular formula is C9H14ClN3. The number of imidazole rings is 1. The van der Waals surface area contributed by atoms with Crippen molar-refractivity contribution in [1.82, 2.24) is 9.55 Å². The van der Waals surface area contributed by atoms with E-state index in [1.807, 2.05) is 6.92 Å². The summed E-state index contributed by atoms with van der Waals surface area (Å²) in [5.41, 5.74) is 5.90. The molecule has 2 rings (SSSR count). The average molecular weight is 200 g/mol. The molecular weight excluding hydrogens is 186 g/mol. The molecule has 0 amide bonds. The number of aryl methyl sites for hydroxylation is 1. The zero-order valence-corrected chi connectivity index (χ0v) is 8.46. The molecule has 13 heavy (non-hydrogen) atoms. The minimum atomic E-state index is 0.144. The zero-order valence-electron chi connectivity index (χ0n) is 7.70. The molecule has 2 N–H and O–H groups in total. The number of hydrogen-bond donors (Lipinski definition) is 1. The molecule has 0 aliphatic carbocycles. The highest BCUT2D eigenvalue weighted by Gasteiger charge is 2.25. The van der Waals surface area contributed by atoms with Gasteiger partial charge in [0.05, 0.1) is 12.2 Å². The van der Waals surface area contributed by atoms with E-state index in [4.69, 9.17) is 17.3 Å². The van der Waals surface area contributed by atoms with Gasteiger partial charge < -0.3 is 10.3 Å². The Labute approximate surface area is 82.9 Å². The van der Waals surface area contributed by atoms with Gasteiger partial charge in [-0.15, -0.1) is 0 Å². The third-order valence-electron chi connectivity index (χ3n) is 2.67. The van der Waals surface area contributed by atoms with Crippen LogP contribution >= 0.6 is 11.6 Å². The number of halogens is 1. The predicted molar refractivity (Wildman–Crippen MR) is 52.9 cm³/mol. The lowest BCUT2D eigenvalue weighted by Crippen LogP contribution is -2.32. The summed E-state index contributed by atoms with van der Waals surface area (Å²) in [6, 6.07) is 0.476. The SMILES string of the molecule is CC(N)C1CCCc2ncc(Cl)n21. The van der Waals surface area contributed by atoms with E-state index in [1.165, 1.54) is 6.42 Å². The first-order valence-corrected chi connectivity index (χ1v) is 5.05. The van der Waals surface area contributed by atoms with Crippen molar-refractivity contribution >= 4 is 11.6 Å². The van der Waals surface area contributed by atoms with Crippen molar-refractivity contribution < 1.29 is 0 Å². The molecule has 1 aliphatic heterocycles. The van der Waals surface area contributed by atoms with Gasteiger partial charge in [0.15, 0.2) is 0 Å². The molecule has 2 heterocycles. The summed E-state index contributed by atoms with van der Waals surface area (Å²) in [5.74, 6) is 1.08. The van der Waals surface area contributed by atoms with E-state index in [2.05, 4.69) is 9.55 Å². The highest BCUT2D eigenvalue weighted by Crippen LogP contribution is 2.29. The fourth-order valence-corrected chi connectivity index (χ4v) is 2.28. The van der Waals surface area contributed by atoms with Gasteiger partial charge in [0.2, 0.25) is 0 Å². The van der Waals surface area contributed by atoms with E-state index >= 15 is 0 Å². The van der Waals surface area contributed by atoms with Crippen LogP contribution in [0.25, 0.3) is 0 Å². The molecule has 0 fully saturated rings. The van der Waals surface area contributed by atoms with Gasteiger partial charge in [-0.25, -0.2) is 4.98 Å². The summed E-state index contributed by atoms with van der Waals surface area (Å²) >= 11 is 6.04. The van der Waals surface area contributed by atoms with Gasteiger partial charge in [-0.05, 0) is 19.8 Å².